The van der Waals surface area contributed by atoms with E-state index in [1.807, 2.05) is 0 Å². The second-order valence-corrected chi connectivity index (χ2v) is 5.57. The van der Waals surface area contributed by atoms with Crippen LogP contribution in [0.5, 0.6) is 0 Å². The van der Waals surface area contributed by atoms with Crippen molar-refractivity contribution < 1.29 is 4.52 Å². The van der Waals surface area contributed by atoms with Crippen LogP contribution in [0.4, 0.5) is 0 Å². The molecule has 4 nitrogen and oxygen atoms in total. The highest BCUT2D eigenvalue weighted by atomic mass is 16.5. The van der Waals surface area contributed by atoms with Gasteiger partial charge in [0.25, 0.3) is 0 Å². The summed E-state index contributed by atoms with van der Waals surface area (Å²) in [4.78, 5) is 4.55. The Balaban J connectivity index is 1.74. The van der Waals surface area contributed by atoms with E-state index < -0.39 is 0 Å². The molecule has 1 atom stereocenters. The van der Waals surface area contributed by atoms with Crippen molar-refractivity contribution >= 4 is 0 Å². The molecule has 2 heterocycles. The lowest BCUT2D eigenvalue weighted by atomic mass is 10.1. The molecule has 1 aromatic heterocycles. The first-order chi connectivity index (χ1) is 9.40. The second-order valence-electron chi connectivity index (χ2n) is 5.57. The number of unbranched alkanes of at least 4 members (excludes halogenated alkanes) is 4. The zero-order valence-corrected chi connectivity index (χ0v) is 12.2. The zero-order chi connectivity index (χ0) is 13.3. The van der Waals surface area contributed by atoms with E-state index in [2.05, 4.69) is 22.4 Å². The van der Waals surface area contributed by atoms with E-state index in [4.69, 9.17) is 4.52 Å². The number of rotatable bonds is 7. The van der Waals surface area contributed by atoms with Gasteiger partial charge >= 0.3 is 0 Å². The van der Waals surface area contributed by atoms with Gasteiger partial charge in [-0.1, -0.05) is 50.6 Å². The predicted octanol–water partition coefficient (Wildman–Crippen LogP) is 3.79. The van der Waals surface area contributed by atoms with Crippen LogP contribution in [0.1, 0.15) is 82.5 Å². The molecule has 1 unspecified atom stereocenters. The van der Waals surface area contributed by atoms with Crippen LogP contribution in [0.25, 0.3) is 0 Å². The van der Waals surface area contributed by atoms with Crippen molar-refractivity contribution in [2.45, 2.75) is 77.2 Å². The molecule has 1 aliphatic heterocycles. The Morgan fingerprint density at radius 1 is 1.16 bits per heavy atom. The molecule has 1 aromatic rings. The van der Waals surface area contributed by atoms with E-state index in [9.17, 15) is 0 Å². The molecule has 2 rings (SSSR count). The minimum atomic E-state index is 0.306. The molecule has 19 heavy (non-hydrogen) atoms. The third kappa shape index (κ3) is 4.94. The molecule has 0 spiro atoms. The summed E-state index contributed by atoms with van der Waals surface area (Å²) < 4.78 is 5.36. The lowest BCUT2D eigenvalue weighted by molar-refractivity contribution is 0.360. The third-order valence-corrected chi connectivity index (χ3v) is 3.85. The molecular formula is C15H27N3O. The smallest absolute Gasteiger partial charge is 0.226 e. The van der Waals surface area contributed by atoms with Gasteiger partial charge in [0.15, 0.2) is 5.82 Å². The van der Waals surface area contributed by atoms with Crippen molar-refractivity contribution in [2.75, 3.05) is 6.54 Å². The summed E-state index contributed by atoms with van der Waals surface area (Å²) in [6.07, 6.45) is 12.3. The van der Waals surface area contributed by atoms with Crippen molar-refractivity contribution in [1.82, 2.24) is 15.5 Å². The average Bonchev–Trinajstić information content (AvgIpc) is 2.72. The van der Waals surface area contributed by atoms with Gasteiger partial charge in [-0.15, -0.1) is 0 Å². The Hall–Kier alpha value is -0.900. The molecule has 1 fully saturated rings. The Bertz CT molecular complexity index is 343. The van der Waals surface area contributed by atoms with E-state index >= 15 is 0 Å². The van der Waals surface area contributed by atoms with Crippen molar-refractivity contribution in [3.05, 3.63) is 11.7 Å². The highest BCUT2D eigenvalue weighted by Crippen LogP contribution is 2.20. The van der Waals surface area contributed by atoms with Crippen LogP contribution in [-0.2, 0) is 6.42 Å². The van der Waals surface area contributed by atoms with Crippen LogP contribution in [0.2, 0.25) is 0 Å². The van der Waals surface area contributed by atoms with Gasteiger partial charge in [0, 0.05) is 6.42 Å². The van der Waals surface area contributed by atoms with Crippen LogP contribution in [0.15, 0.2) is 4.52 Å². The first kappa shape index (κ1) is 14.5. The molecule has 0 bridgehead atoms. The van der Waals surface area contributed by atoms with E-state index in [1.54, 1.807) is 0 Å². The summed E-state index contributed by atoms with van der Waals surface area (Å²) in [5, 5.41) is 7.66. The Morgan fingerprint density at radius 3 is 2.95 bits per heavy atom. The molecule has 0 saturated carbocycles. The van der Waals surface area contributed by atoms with E-state index in [-0.39, 0.29) is 0 Å². The highest BCUT2D eigenvalue weighted by molar-refractivity contribution is 4.95. The van der Waals surface area contributed by atoms with Gasteiger partial charge < -0.3 is 9.84 Å². The first-order valence-corrected chi connectivity index (χ1v) is 7.96. The number of hydrogen-bond donors (Lipinski definition) is 1. The Labute approximate surface area is 116 Å². The summed E-state index contributed by atoms with van der Waals surface area (Å²) >= 11 is 0. The van der Waals surface area contributed by atoms with E-state index in [0.717, 1.165) is 31.1 Å². The van der Waals surface area contributed by atoms with E-state index in [1.165, 1.54) is 51.4 Å². The van der Waals surface area contributed by atoms with Crippen molar-refractivity contribution in [3.63, 3.8) is 0 Å². The normalized spacial score (nSPS) is 20.4. The maximum absolute atomic E-state index is 5.36. The van der Waals surface area contributed by atoms with Gasteiger partial charge in [0.2, 0.25) is 5.89 Å². The monoisotopic (exact) mass is 265 g/mol. The maximum atomic E-state index is 5.36. The maximum Gasteiger partial charge on any atom is 0.226 e. The average molecular weight is 265 g/mol. The summed E-state index contributed by atoms with van der Waals surface area (Å²) in [6.45, 7) is 3.32. The largest absolute Gasteiger partial charge is 0.339 e. The molecule has 0 aliphatic carbocycles. The van der Waals surface area contributed by atoms with Crippen molar-refractivity contribution in [1.29, 1.82) is 0 Å². The molecule has 0 radical (unpaired) electrons. The predicted molar refractivity (Wildman–Crippen MR) is 76.0 cm³/mol. The fourth-order valence-corrected chi connectivity index (χ4v) is 2.64. The van der Waals surface area contributed by atoms with E-state index in [0.29, 0.717) is 6.04 Å². The van der Waals surface area contributed by atoms with Crippen molar-refractivity contribution in [2.24, 2.45) is 0 Å². The summed E-state index contributed by atoms with van der Waals surface area (Å²) in [5.74, 6) is 1.68. The Morgan fingerprint density at radius 2 is 2.05 bits per heavy atom. The number of aryl methyl sites for hydroxylation is 1. The molecule has 1 saturated heterocycles. The standard InChI is InChI=1S/C15H27N3O/c1-2-3-4-5-8-11-14-17-15(18-19-14)13-10-7-6-9-12-16-13/h13,16H,2-12H2,1H3. The summed E-state index contributed by atoms with van der Waals surface area (Å²) in [7, 11) is 0. The van der Waals surface area contributed by atoms with Crippen LogP contribution in [-0.4, -0.2) is 16.7 Å². The Kier molecular flexibility index (Phi) is 6.34. The van der Waals surface area contributed by atoms with Gasteiger partial charge in [-0.05, 0) is 25.8 Å². The molecule has 108 valence electrons. The zero-order valence-electron chi connectivity index (χ0n) is 12.2. The quantitative estimate of drug-likeness (QED) is 0.762. The van der Waals surface area contributed by atoms with Gasteiger partial charge in [-0.2, -0.15) is 4.98 Å². The van der Waals surface area contributed by atoms with Gasteiger partial charge in [0.1, 0.15) is 0 Å². The van der Waals surface area contributed by atoms with Gasteiger partial charge in [-0.3, -0.25) is 0 Å². The van der Waals surface area contributed by atoms with Gasteiger partial charge in [-0.25, -0.2) is 0 Å². The fraction of sp³-hybridized carbons (Fsp3) is 0.867. The first-order valence-electron chi connectivity index (χ1n) is 7.96. The summed E-state index contributed by atoms with van der Waals surface area (Å²) in [5.41, 5.74) is 0. The minimum Gasteiger partial charge on any atom is -0.339 e. The SMILES string of the molecule is CCCCCCCc1nc(C2CCCCCN2)no1. The van der Waals surface area contributed by atoms with Crippen LogP contribution in [0.3, 0.4) is 0 Å². The van der Waals surface area contributed by atoms with Gasteiger partial charge in [0.05, 0.1) is 6.04 Å². The highest BCUT2D eigenvalue weighted by Gasteiger charge is 2.19. The number of nitrogens with zero attached hydrogens (tertiary/aromatic N) is 2. The topological polar surface area (TPSA) is 51.0 Å². The number of nitrogens with one attached hydrogen (secondary N) is 1. The molecule has 1 N–H and O–H groups in total. The van der Waals surface area contributed by atoms with Crippen molar-refractivity contribution in [3.8, 4) is 0 Å². The fourth-order valence-electron chi connectivity index (χ4n) is 2.64. The minimum absolute atomic E-state index is 0.306. The van der Waals surface area contributed by atoms with Crippen LogP contribution >= 0.6 is 0 Å². The number of hydrogen-bond acceptors (Lipinski definition) is 4. The molecular weight excluding hydrogens is 238 g/mol. The van der Waals surface area contributed by atoms with Crippen LogP contribution < -0.4 is 5.32 Å². The number of aromatic nitrogens is 2. The third-order valence-electron chi connectivity index (χ3n) is 3.85. The summed E-state index contributed by atoms with van der Waals surface area (Å²) in [6, 6.07) is 0.306. The lowest BCUT2D eigenvalue weighted by Gasteiger charge is -2.09. The van der Waals surface area contributed by atoms with Crippen LogP contribution in [0, 0.1) is 0 Å². The second kappa shape index (κ2) is 8.31. The molecule has 1 aliphatic rings. The lowest BCUT2D eigenvalue weighted by Crippen LogP contribution is -2.21. The molecule has 0 amide bonds. The molecule has 4 heteroatoms. The molecule has 0 aromatic carbocycles.